The highest BCUT2D eigenvalue weighted by atomic mass is 35.5. The van der Waals surface area contributed by atoms with Gasteiger partial charge in [0, 0.05) is 43.9 Å². The summed E-state index contributed by atoms with van der Waals surface area (Å²) in [5.74, 6) is 0. The summed E-state index contributed by atoms with van der Waals surface area (Å²) in [6.07, 6.45) is -14.3. The molecule has 6 nitrogen and oxygen atoms in total. The van der Waals surface area contributed by atoms with Crippen LogP contribution in [0.25, 0.3) is 5.69 Å². The van der Waals surface area contributed by atoms with Crippen molar-refractivity contribution >= 4 is 29.3 Å². The van der Waals surface area contributed by atoms with E-state index < -0.39 is 24.5 Å². The Bertz CT molecular complexity index is 944. The fraction of sp³-hybridized carbons (Fsp3) is 0.444. The minimum Gasteiger partial charge on any atom is -0.426 e. The Kier molecular flexibility index (Phi) is 7.15. The predicted octanol–water partition coefficient (Wildman–Crippen LogP) is 4.93. The van der Waals surface area contributed by atoms with Crippen LogP contribution in [0, 0.1) is 0 Å². The topological polar surface area (TPSA) is 50.6 Å². The van der Waals surface area contributed by atoms with Crippen molar-refractivity contribution in [2.24, 2.45) is 0 Å². The molecule has 2 heterocycles. The summed E-state index contributed by atoms with van der Waals surface area (Å²) in [4.78, 5) is 14.6. The molecule has 1 aliphatic heterocycles. The van der Waals surface area contributed by atoms with Crippen LogP contribution < -0.4 is 0 Å². The molecule has 0 unspecified atom stereocenters. The van der Waals surface area contributed by atoms with Crippen molar-refractivity contribution in [2.75, 3.05) is 26.2 Å². The molecule has 176 valence electrons. The SMILES string of the molecule is O=C(OC(C(F)(F)F)C(F)(F)F)N1CCN(Cc2ccc(Cl)cc2-n2cc(Cl)cn2)CC1. The van der Waals surface area contributed by atoms with Crippen molar-refractivity contribution in [3.05, 3.63) is 46.2 Å². The lowest BCUT2D eigenvalue weighted by atomic mass is 10.1. The summed E-state index contributed by atoms with van der Waals surface area (Å²) in [6.45, 7) is 0.593. The number of amides is 1. The van der Waals surface area contributed by atoms with E-state index in [1.54, 1.807) is 24.4 Å². The number of carbonyl (C=O) groups excluding carboxylic acids is 1. The number of halogens is 8. The molecule has 1 amide bonds. The second-order valence-electron chi connectivity index (χ2n) is 6.99. The molecule has 3 rings (SSSR count). The number of rotatable bonds is 4. The molecule has 0 radical (unpaired) electrons. The predicted molar refractivity (Wildman–Crippen MR) is 103 cm³/mol. The highest BCUT2D eigenvalue weighted by molar-refractivity contribution is 6.31. The minimum absolute atomic E-state index is 0.0994. The molecule has 1 saturated heterocycles. The summed E-state index contributed by atoms with van der Waals surface area (Å²) in [7, 11) is 0. The summed E-state index contributed by atoms with van der Waals surface area (Å²) in [5, 5.41) is 5.02. The lowest BCUT2D eigenvalue weighted by Crippen LogP contribution is -2.52. The van der Waals surface area contributed by atoms with Gasteiger partial charge in [-0.05, 0) is 17.7 Å². The third-order valence-electron chi connectivity index (χ3n) is 4.68. The summed E-state index contributed by atoms with van der Waals surface area (Å²) >= 11 is 12.0. The Hall–Kier alpha value is -2.18. The van der Waals surface area contributed by atoms with E-state index in [0.29, 0.717) is 22.3 Å². The van der Waals surface area contributed by atoms with E-state index in [-0.39, 0.29) is 26.2 Å². The third-order valence-corrected chi connectivity index (χ3v) is 5.11. The third kappa shape index (κ3) is 5.99. The maximum Gasteiger partial charge on any atom is 0.434 e. The average molecular weight is 505 g/mol. The molecular formula is C18H16Cl2F6N4O2. The van der Waals surface area contributed by atoms with Crippen LogP contribution in [-0.2, 0) is 11.3 Å². The van der Waals surface area contributed by atoms with Crippen LogP contribution in [0.5, 0.6) is 0 Å². The van der Waals surface area contributed by atoms with Gasteiger partial charge < -0.3 is 9.64 Å². The monoisotopic (exact) mass is 504 g/mol. The molecule has 0 spiro atoms. The number of hydrogen-bond donors (Lipinski definition) is 0. The van der Waals surface area contributed by atoms with Gasteiger partial charge in [0.2, 0.25) is 0 Å². The van der Waals surface area contributed by atoms with E-state index in [9.17, 15) is 31.1 Å². The van der Waals surface area contributed by atoms with Gasteiger partial charge in [0.25, 0.3) is 6.10 Å². The van der Waals surface area contributed by atoms with Crippen LogP contribution in [0.15, 0.2) is 30.6 Å². The number of benzene rings is 1. The molecule has 0 atom stereocenters. The zero-order chi connectivity index (χ0) is 23.7. The molecule has 1 fully saturated rings. The van der Waals surface area contributed by atoms with E-state index in [0.717, 1.165) is 10.5 Å². The number of hydrogen-bond acceptors (Lipinski definition) is 4. The summed E-state index contributed by atoms with van der Waals surface area (Å²) in [6, 6.07) is 5.13. The van der Waals surface area contributed by atoms with Crippen LogP contribution in [-0.4, -0.2) is 70.3 Å². The first-order chi connectivity index (χ1) is 14.8. The number of ether oxygens (including phenoxy) is 1. The number of nitrogens with zero attached hydrogens (tertiary/aromatic N) is 4. The fourth-order valence-electron chi connectivity index (χ4n) is 3.14. The fourth-order valence-corrected chi connectivity index (χ4v) is 3.44. The quantitative estimate of drug-likeness (QED) is 0.554. The second-order valence-corrected chi connectivity index (χ2v) is 7.86. The van der Waals surface area contributed by atoms with E-state index in [1.165, 1.54) is 10.9 Å². The lowest BCUT2D eigenvalue weighted by Gasteiger charge is -2.35. The van der Waals surface area contributed by atoms with Gasteiger partial charge in [0.15, 0.2) is 0 Å². The van der Waals surface area contributed by atoms with Crippen molar-refractivity contribution in [3.63, 3.8) is 0 Å². The molecule has 14 heteroatoms. The van der Waals surface area contributed by atoms with Gasteiger partial charge in [0.1, 0.15) is 0 Å². The largest absolute Gasteiger partial charge is 0.434 e. The van der Waals surface area contributed by atoms with Gasteiger partial charge >= 0.3 is 18.4 Å². The Morgan fingerprint density at radius 2 is 1.66 bits per heavy atom. The van der Waals surface area contributed by atoms with Crippen molar-refractivity contribution in [1.82, 2.24) is 19.6 Å². The highest BCUT2D eigenvalue weighted by Crippen LogP contribution is 2.36. The lowest BCUT2D eigenvalue weighted by molar-refractivity contribution is -0.308. The van der Waals surface area contributed by atoms with Crippen LogP contribution >= 0.6 is 23.2 Å². The number of carbonyl (C=O) groups is 1. The zero-order valence-electron chi connectivity index (χ0n) is 16.1. The standard InChI is InChI=1S/C18H16Cl2F6N4O2/c19-12-2-1-11(14(7-12)30-10-13(20)8-27-30)9-28-3-5-29(6-4-28)16(31)32-15(17(21,22)23)18(24,25)26/h1-2,7-8,10,15H,3-6,9H2. The first kappa shape index (κ1) is 24.5. The van der Waals surface area contributed by atoms with Gasteiger partial charge in [0.05, 0.1) is 16.9 Å². The van der Waals surface area contributed by atoms with Crippen molar-refractivity contribution in [1.29, 1.82) is 0 Å². The van der Waals surface area contributed by atoms with Gasteiger partial charge in [-0.1, -0.05) is 29.3 Å². The molecule has 1 aromatic heterocycles. The summed E-state index contributed by atoms with van der Waals surface area (Å²) in [5.41, 5.74) is 1.46. The Morgan fingerprint density at radius 3 is 2.19 bits per heavy atom. The van der Waals surface area contributed by atoms with Crippen LogP contribution in [0.2, 0.25) is 10.0 Å². The van der Waals surface area contributed by atoms with E-state index in [4.69, 9.17) is 23.2 Å². The van der Waals surface area contributed by atoms with Crippen molar-refractivity contribution in [3.8, 4) is 5.69 Å². The highest BCUT2D eigenvalue weighted by Gasteiger charge is 2.60. The number of aromatic nitrogens is 2. The smallest absolute Gasteiger partial charge is 0.426 e. The molecule has 32 heavy (non-hydrogen) atoms. The normalized spacial score (nSPS) is 16.0. The Labute approximate surface area is 188 Å². The van der Waals surface area contributed by atoms with Gasteiger partial charge in [-0.3, -0.25) is 4.90 Å². The van der Waals surface area contributed by atoms with Crippen molar-refractivity contribution < 1.29 is 35.9 Å². The molecule has 1 aliphatic rings. The van der Waals surface area contributed by atoms with Gasteiger partial charge in [-0.15, -0.1) is 0 Å². The van der Waals surface area contributed by atoms with Gasteiger partial charge in [-0.25, -0.2) is 9.48 Å². The maximum absolute atomic E-state index is 12.6. The molecule has 2 aromatic rings. The maximum atomic E-state index is 12.6. The Morgan fingerprint density at radius 1 is 1.03 bits per heavy atom. The minimum atomic E-state index is -5.75. The molecule has 0 aliphatic carbocycles. The first-order valence-corrected chi connectivity index (χ1v) is 9.90. The number of alkyl halides is 6. The van der Waals surface area contributed by atoms with Crippen LogP contribution in [0.1, 0.15) is 5.56 Å². The molecule has 0 bridgehead atoms. The van der Waals surface area contributed by atoms with E-state index >= 15 is 0 Å². The molecule has 1 aromatic carbocycles. The molecular weight excluding hydrogens is 489 g/mol. The second kappa shape index (κ2) is 9.36. The van der Waals surface area contributed by atoms with Gasteiger partial charge in [-0.2, -0.15) is 31.4 Å². The average Bonchev–Trinajstić information content (AvgIpc) is 3.12. The van der Waals surface area contributed by atoms with E-state index in [1.807, 2.05) is 4.90 Å². The number of piperazine rings is 1. The van der Waals surface area contributed by atoms with Crippen molar-refractivity contribution in [2.45, 2.75) is 25.0 Å². The van der Waals surface area contributed by atoms with E-state index in [2.05, 4.69) is 9.84 Å². The molecule has 0 N–H and O–H groups in total. The molecule has 0 saturated carbocycles. The first-order valence-electron chi connectivity index (χ1n) is 9.15. The van der Waals surface area contributed by atoms with Crippen LogP contribution in [0.4, 0.5) is 31.1 Å². The zero-order valence-corrected chi connectivity index (χ0v) is 17.6. The Balaban J connectivity index is 1.63. The summed E-state index contributed by atoms with van der Waals surface area (Å²) < 4.78 is 80.9. The van der Waals surface area contributed by atoms with Crippen LogP contribution in [0.3, 0.4) is 0 Å².